The van der Waals surface area contributed by atoms with E-state index in [2.05, 4.69) is 5.32 Å². The number of hydrogen-bond donors (Lipinski definition) is 2. The Morgan fingerprint density at radius 1 is 1.18 bits per heavy atom. The Morgan fingerprint density at radius 2 is 1.82 bits per heavy atom. The van der Waals surface area contributed by atoms with Gasteiger partial charge in [0.15, 0.2) is 0 Å². The minimum Gasteiger partial charge on any atom is -0.388 e. The van der Waals surface area contributed by atoms with E-state index in [1.807, 2.05) is 0 Å². The number of alkyl halides is 3. The second-order valence-corrected chi connectivity index (χ2v) is 3.93. The summed E-state index contributed by atoms with van der Waals surface area (Å²) in [5.74, 6) is 0. The average Bonchev–Trinajstić information content (AvgIpc) is 2.64. The fourth-order valence-electron chi connectivity index (χ4n) is 1.65. The Hall–Kier alpha value is -1.27. The highest BCUT2D eigenvalue weighted by Crippen LogP contribution is 2.30. The van der Waals surface area contributed by atoms with Gasteiger partial charge in [-0.1, -0.05) is 0 Å². The van der Waals surface area contributed by atoms with Gasteiger partial charge in [0.25, 0.3) is 0 Å². The molecule has 1 aliphatic heterocycles. The molecule has 2 atom stereocenters. The average molecular weight is 247 g/mol. The number of hydrogen-bond acceptors (Lipinski definition) is 3. The minimum atomic E-state index is -4.32. The van der Waals surface area contributed by atoms with Crippen molar-refractivity contribution in [1.29, 1.82) is 0 Å². The summed E-state index contributed by atoms with van der Waals surface area (Å²) >= 11 is 0. The topological polar surface area (TPSA) is 41.5 Å². The van der Waals surface area contributed by atoms with Crippen LogP contribution in [-0.4, -0.2) is 30.5 Å². The Kier molecular flexibility index (Phi) is 3.26. The smallest absolute Gasteiger partial charge is 0.388 e. The van der Waals surface area contributed by atoms with Gasteiger partial charge in [-0.05, 0) is 24.3 Å². The van der Waals surface area contributed by atoms with Crippen molar-refractivity contribution in [2.24, 2.45) is 0 Å². The molecule has 1 aromatic rings. The summed E-state index contributed by atoms with van der Waals surface area (Å²) in [6, 6.07) is 4.42. The maximum atomic E-state index is 12.3. The first kappa shape index (κ1) is 12.2. The van der Waals surface area contributed by atoms with Crippen molar-refractivity contribution in [1.82, 2.24) is 0 Å². The molecule has 0 bridgehead atoms. The van der Waals surface area contributed by atoms with E-state index in [0.717, 1.165) is 12.1 Å². The van der Waals surface area contributed by atoms with Crippen molar-refractivity contribution in [2.45, 2.75) is 18.3 Å². The monoisotopic (exact) mass is 247 g/mol. The fraction of sp³-hybridized carbons (Fsp3) is 0.455. The number of benzene rings is 1. The second-order valence-electron chi connectivity index (χ2n) is 3.93. The van der Waals surface area contributed by atoms with E-state index in [1.54, 1.807) is 0 Å². The lowest BCUT2D eigenvalue weighted by Crippen LogP contribution is -2.31. The molecule has 1 aromatic carbocycles. The maximum Gasteiger partial charge on any atom is 0.416 e. The molecular formula is C11H12F3NO2. The van der Waals surface area contributed by atoms with Crippen LogP contribution in [0.5, 0.6) is 0 Å². The molecule has 94 valence electrons. The van der Waals surface area contributed by atoms with Gasteiger partial charge < -0.3 is 15.2 Å². The molecule has 1 aliphatic rings. The number of halogens is 3. The summed E-state index contributed by atoms with van der Waals surface area (Å²) in [5.41, 5.74) is -0.154. The van der Waals surface area contributed by atoms with Crippen molar-refractivity contribution < 1.29 is 23.0 Å². The molecule has 3 nitrogen and oxygen atoms in total. The van der Waals surface area contributed by atoms with Crippen molar-refractivity contribution in [2.75, 3.05) is 18.5 Å². The number of ether oxygens (including phenoxy) is 1. The van der Waals surface area contributed by atoms with Crippen LogP contribution in [0.25, 0.3) is 0 Å². The molecule has 0 aliphatic carbocycles. The van der Waals surface area contributed by atoms with Gasteiger partial charge >= 0.3 is 6.18 Å². The molecule has 0 radical (unpaired) electrons. The van der Waals surface area contributed by atoms with E-state index < -0.39 is 17.8 Å². The number of aliphatic hydroxyl groups is 1. The minimum absolute atomic E-state index is 0.248. The quantitative estimate of drug-likeness (QED) is 0.838. The third-order valence-electron chi connectivity index (χ3n) is 2.61. The highest BCUT2D eigenvalue weighted by Gasteiger charge is 2.30. The standard InChI is InChI=1S/C11H12F3NO2/c12-11(13,14)7-1-3-8(4-2-7)15-9-5-17-6-10(9)16/h1-4,9-10,15-16H,5-6H2/t9-,10-/m0/s1. The largest absolute Gasteiger partial charge is 0.416 e. The van der Waals surface area contributed by atoms with Crippen LogP contribution in [0.15, 0.2) is 24.3 Å². The Labute approximate surface area is 96.2 Å². The highest BCUT2D eigenvalue weighted by atomic mass is 19.4. The van der Waals surface area contributed by atoms with E-state index >= 15 is 0 Å². The predicted molar refractivity (Wildman–Crippen MR) is 55.7 cm³/mol. The molecule has 1 saturated heterocycles. The molecule has 0 amide bonds. The van der Waals surface area contributed by atoms with Crippen molar-refractivity contribution in [3.63, 3.8) is 0 Å². The summed E-state index contributed by atoms with van der Waals surface area (Å²) in [7, 11) is 0. The van der Waals surface area contributed by atoms with Gasteiger partial charge in [0.2, 0.25) is 0 Å². The summed E-state index contributed by atoms with van der Waals surface area (Å²) in [6.45, 7) is 0.598. The SMILES string of the molecule is O[C@H]1COC[C@@H]1Nc1ccc(C(F)(F)F)cc1. The Bertz CT molecular complexity index is 377. The zero-order valence-electron chi connectivity index (χ0n) is 8.87. The van der Waals surface area contributed by atoms with Crippen LogP contribution in [0.2, 0.25) is 0 Å². The number of rotatable bonds is 2. The molecule has 2 rings (SSSR count). The van der Waals surface area contributed by atoms with Crippen molar-refractivity contribution in [3.8, 4) is 0 Å². The number of anilines is 1. The van der Waals surface area contributed by atoms with Crippen LogP contribution < -0.4 is 5.32 Å². The van der Waals surface area contributed by atoms with E-state index in [0.29, 0.717) is 12.3 Å². The molecule has 0 saturated carbocycles. The van der Waals surface area contributed by atoms with Gasteiger partial charge in [0.05, 0.1) is 30.9 Å². The number of aliphatic hydroxyl groups excluding tert-OH is 1. The zero-order chi connectivity index (χ0) is 12.5. The Morgan fingerprint density at radius 3 is 2.29 bits per heavy atom. The van der Waals surface area contributed by atoms with Gasteiger partial charge in [-0.25, -0.2) is 0 Å². The first-order chi connectivity index (χ1) is 7.97. The molecule has 2 N–H and O–H groups in total. The van der Waals surface area contributed by atoms with Crippen LogP contribution in [-0.2, 0) is 10.9 Å². The molecule has 0 spiro atoms. The number of nitrogens with one attached hydrogen (secondary N) is 1. The van der Waals surface area contributed by atoms with E-state index in [-0.39, 0.29) is 12.6 Å². The molecule has 0 unspecified atom stereocenters. The van der Waals surface area contributed by atoms with Gasteiger partial charge in [-0.3, -0.25) is 0 Å². The van der Waals surface area contributed by atoms with Gasteiger partial charge in [-0.2, -0.15) is 13.2 Å². The van der Waals surface area contributed by atoms with E-state index in [1.165, 1.54) is 12.1 Å². The lowest BCUT2D eigenvalue weighted by atomic mass is 10.1. The lowest BCUT2D eigenvalue weighted by Gasteiger charge is -2.16. The lowest BCUT2D eigenvalue weighted by molar-refractivity contribution is -0.137. The molecule has 17 heavy (non-hydrogen) atoms. The first-order valence-corrected chi connectivity index (χ1v) is 5.16. The third kappa shape index (κ3) is 2.89. The first-order valence-electron chi connectivity index (χ1n) is 5.16. The maximum absolute atomic E-state index is 12.3. The Balaban J connectivity index is 2.03. The summed E-state index contributed by atoms with van der Waals surface area (Å²) in [5, 5.41) is 12.4. The predicted octanol–water partition coefficient (Wildman–Crippen LogP) is 1.88. The molecule has 1 fully saturated rings. The van der Waals surface area contributed by atoms with Crippen LogP contribution in [0, 0.1) is 0 Å². The fourth-order valence-corrected chi connectivity index (χ4v) is 1.65. The zero-order valence-corrected chi connectivity index (χ0v) is 8.87. The van der Waals surface area contributed by atoms with Crippen LogP contribution in [0.1, 0.15) is 5.56 Å². The van der Waals surface area contributed by atoms with Crippen LogP contribution in [0.3, 0.4) is 0 Å². The van der Waals surface area contributed by atoms with Crippen molar-refractivity contribution >= 4 is 5.69 Å². The molecule has 1 heterocycles. The highest BCUT2D eigenvalue weighted by molar-refractivity contribution is 5.46. The van der Waals surface area contributed by atoms with Gasteiger partial charge in [0.1, 0.15) is 0 Å². The normalized spacial score (nSPS) is 24.9. The summed E-state index contributed by atoms with van der Waals surface area (Å²) < 4.78 is 41.9. The van der Waals surface area contributed by atoms with E-state index in [4.69, 9.17) is 4.74 Å². The van der Waals surface area contributed by atoms with Crippen molar-refractivity contribution in [3.05, 3.63) is 29.8 Å². The molecular weight excluding hydrogens is 235 g/mol. The van der Waals surface area contributed by atoms with Crippen LogP contribution in [0.4, 0.5) is 18.9 Å². The van der Waals surface area contributed by atoms with E-state index in [9.17, 15) is 18.3 Å². The van der Waals surface area contributed by atoms with Gasteiger partial charge in [-0.15, -0.1) is 0 Å². The molecule has 0 aromatic heterocycles. The summed E-state index contributed by atoms with van der Waals surface area (Å²) in [4.78, 5) is 0. The second kappa shape index (κ2) is 4.54. The third-order valence-corrected chi connectivity index (χ3v) is 2.61. The van der Waals surface area contributed by atoms with Crippen LogP contribution >= 0.6 is 0 Å². The summed E-state index contributed by atoms with van der Waals surface area (Å²) in [6.07, 6.45) is -4.95. The molecule has 6 heteroatoms. The van der Waals surface area contributed by atoms with Gasteiger partial charge in [0, 0.05) is 5.69 Å².